The summed E-state index contributed by atoms with van der Waals surface area (Å²) in [5, 5.41) is 32.0. The fourth-order valence-electron chi connectivity index (χ4n) is 10.6. The van der Waals surface area contributed by atoms with Crippen LogP contribution in [0, 0.1) is 0 Å². The number of aliphatic hydroxyl groups is 1. The Morgan fingerprint density at radius 1 is 0.390 bits per heavy atom. The standard InChI is InChI=1S/C25H23NO3S.C19H21NOS.C18H19NOS.C9H15NOS.C9H13NOS.C6H6OS/c1-26(25(27)28-20-11-3-2-4-12-20)17-16-23(24-15-8-18-30-24)29-22-14-7-10-19-9-5-6-13-21(19)22;1-20(2)13-12-18(19-11-6-14-22-19)21-17-10-5-8-15-7-3-4-9-16(15)17;1-19-12-11-17(18-10-5-13-21-18)20-16-9-4-7-14-6-2-3-8-15(14)16;2*1-10(2)6-5-8(11)9-4-3-7-12-9;1-5(7)6-3-2-4-8-6/h2-15,18,23H,16-17H2,1H3;3-11,14,18H,12-13H2,1-2H3;2-10,13,17,19H,11-12H2,1H3;3-4,7-8,11H,5-6H2,1-2H3;3-4,7H,5-6H2,1-2H3;2-4H,1H3. The van der Waals surface area contributed by atoms with Crippen molar-refractivity contribution in [3.8, 4) is 23.0 Å². The van der Waals surface area contributed by atoms with Gasteiger partial charge in [0, 0.05) is 94.6 Å². The lowest BCUT2D eigenvalue weighted by atomic mass is 10.1. The molecule has 0 radical (unpaired) electrons. The lowest BCUT2D eigenvalue weighted by Gasteiger charge is -2.23. The summed E-state index contributed by atoms with van der Waals surface area (Å²) in [4.78, 5) is 48.7. The third-order valence-corrected chi connectivity index (χ3v) is 22.0. The van der Waals surface area contributed by atoms with E-state index >= 15 is 0 Å². The van der Waals surface area contributed by atoms with E-state index in [4.69, 9.17) is 18.9 Å². The third-order valence-electron chi connectivity index (χ3n) is 16.3. The molecular formula is C86H97N5O8S6. The number of fused-ring (bicyclic) bond motifs is 3. The SMILES string of the molecule is CC(=O)c1cccs1.CN(C)CCC(=O)c1cccs1.CN(C)CCC(O)c1cccs1.CN(C)CCC(Oc1cccc2ccccc12)c1cccs1.CN(CCC(Oc1cccc2ccccc12)c1cccs1)C(=O)Oc1ccccc1.CNCCC(Oc1cccc2ccccc12)c1cccs1. The molecule has 19 heteroatoms. The predicted molar refractivity (Wildman–Crippen MR) is 445 cm³/mol. The van der Waals surface area contributed by atoms with Crippen molar-refractivity contribution in [2.45, 2.75) is 63.4 Å². The molecule has 4 atom stereocenters. The van der Waals surface area contributed by atoms with Gasteiger partial charge in [0.05, 0.1) is 15.9 Å². The van der Waals surface area contributed by atoms with E-state index in [1.807, 2.05) is 147 Å². The molecule has 4 unspecified atom stereocenters. The van der Waals surface area contributed by atoms with Gasteiger partial charge in [0.2, 0.25) is 0 Å². The molecule has 13 rings (SSSR count). The Morgan fingerprint density at radius 3 is 1.15 bits per heavy atom. The van der Waals surface area contributed by atoms with E-state index in [0.29, 0.717) is 25.1 Å². The van der Waals surface area contributed by atoms with Crippen LogP contribution in [0.15, 0.2) is 263 Å². The second kappa shape index (κ2) is 45.0. The molecule has 7 aromatic carbocycles. The normalized spacial score (nSPS) is 12.0. The molecule has 0 spiro atoms. The number of rotatable bonds is 28. The predicted octanol–water partition coefficient (Wildman–Crippen LogP) is 21.7. The second-order valence-electron chi connectivity index (χ2n) is 25.3. The van der Waals surface area contributed by atoms with E-state index < -0.39 is 0 Å². The van der Waals surface area contributed by atoms with Gasteiger partial charge in [-0.15, -0.1) is 68.0 Å². The van der Waals surface area contributed by atoms with Gasteiger partial charge in [-0.2, -0.15) is 0 Å². The summed E-state index contributed by atoms with van der Waals surface area (Å²) in [6.45, 7) is 5.79. The average molecular weight is 1520 g/mol. The number of thiophene rings is 6. The van der Waals surface area contributed by atoms with Gasteiger partial charge in [-0.05, 0) is 184 Å². The lowest BCUT2D eigenvalue weighted by Crippen LogP contribution is -2.31. The molecule has 1 amide bonds. The highest BCUT2D eigenvalue weighted by Gasteiger charge is 2.21. The molecule has 0 aliphatic rings. The summed E-state index contributed by atoms with van der Waals surface area (Å²) in [6, 6.07) is 76.6. The number of carbonyl (C=O) groups excluding carboxylic acids is 3. The maximum Gasteiger partial charge on any atom is 0.414 e. The number of benzene rings is 7. The van der Waals surface area contributed by atoms with Gasteiger partial charge in [-0.1, -0.05) is 164 Å². The Kier molecular flexibility index (Phi) is 35.1. The van der Waals surface area contributed by atoms with Crippen molar-refractivity contribution in [2.75, 3.05) is 89.1 Å². The molecule has 0 bridgehead atoms. The first-order valence-electron chi connectivity index (χ1n) is 35.0. The fraction of sp³-hybridized carbons (Fsp3) is 0.267. The van der Waals surface area contributed by atoms with Crippen molar-refractivity contribution in [1.82, 2.24) is 24.9 Å². The van der Waals surface area contributed by atoms with Gasteiger partial charge >= 0.3 is 6.09 Å². The summed E-state index contributed by atoms with van der Waals surface area (Å²) >= 11 is 9.79. The molecule has 0 saturated carbocycles. The number of carbonyl (C=O) groups is 3. The van der Waals surface area contributed by atoms with E-state index in [9.17, 15) is 19.5 Å². The number of amides is 1. The first kappa shape index (κ1) is 82.0. The van der Waals surface area contributed by atoms with Crippen LogP contribution in [0.3, 0.4) is 0 Å². The molecule has 6 aromatic heterocycles. The molecule has 550 valence electrons. The Labute approximate surface area is 644 Å². The van der Waals surface area contributed by atoms with E-state index in [1.165, 1.54) is 54.0 Å². The van der Waals surface area contributed by atoms with Gasteiger partial charge in [0.1, 0.15) is 41.3 Å². The highest BCUT2D eigenvalue weighted by molar-refractivity contribution is 7.12. The van der Waals surface area contributed by atoms with Crippen LogP contribution in [0.5, 0.6) is 23.0 Å². The van der Waals surface area contributed by atoms with E-state index in [0.717, 1.165) is 93.0 Å². The molecule has 13 nitrogen and oxygen atoms in total. The number of para-hydroxylation sites is 1. The molecule has 0 aliphatic carbocycles. The minimum Gasteiger partial charge on any atom is -0.484 e. The van der Waals surface area contributed by atoms with Crippen molar-refractivity contribution < 1.29 is 38.4 Å². The Morgan fingerprint density at radius 2 is 0.762 bits per heavy atom. The first-order valence-corrected chi connectivity index (χ1v) is 40.2. The van der Waals surface area contributed by atoms with Crippen molar-refractivity contribution in [3.63, 3.8) is 0 Å². The number of ether oxygens (including phenoxy) is 4. The molecule has 0 fully saturated rings. The van der Waals surface area contributed by atoms with Gasteiger partial charge in [-0.25, -0.2) is 4.79 Å². The average Bonchev–Trinajstić information content (AvgIpc) is 1.51. The molecule has 0 saturated heterocycles. The van der Waals surface area contributed by atoms with Crippen LogP contribution < -0.4 is 24.3 Å². The maximum atomic E-state index is 12.4. The molecule has 2 N–H and O–H groups in total. The smallest absolute Gasteiger partial charge is 0.414 e. The van der Waals surface area contributed by atoms with Gasteiger partial charge in [0.25, 0.3) is 0 Å². The molecule has 105 heavy (non-hydrogen) atoms. The maximum absolute atomic E-state index is 12.4. The number of nitrogens with one attached hydrogen (secondary N) is 1. The van der Waals surface area contributed by atoms with Crippen LogP contribution in [-0.4, -0.2) is 131 Å². The quantitative estimate of drug-likeness (QED) is 0.0452. The zero-order chi connectivity index (χ0) is 74.6. The first-order chi connectivity index (χ1) is 51.0. The van der Waals surface area contributed by atoms with Gasteiger partial charge < -0.3 is 49.0 Å². The highest BCUT2D eigenvalue weighted by Crippen LogP contribution is 2.36. The minimum atomic E-state index is -0.378. The lowest BCUT2D eigenvalue weighted by molar-refractivity contribution is 0.0974. The zero-order valence-electron chi connectivity index (χ0n) is 61.3. The third kappa shape index (κ3) is 28.0. The molecule has 0 aliphatic heterocycles. The second-order valence-corrected chi connectivity index (χ2v) is 31.1. The molecule has 13 aromatic rings. The Balaban J connectivity index is 0.000000167. The summed E-state index contributed by atoms with van der Waals surface area (Å²) < 4.78 is 24.6. The van der Waals surface area contributed by atoms with Crippen LogP contribution in [0.2, 0.25) is 0 Å². The fourth-order valence-corrected chi connectivity index (χ4v) is 15.1. The Hall–Kier alpha value is -8.67. The summed E-state index contributed by atoms with van der Waals surface area (Å²) in [6.07, 6.45) is 3.42. The summed E-state index contributed by atoms with van der Waals surface area (Å²) in [7, 11) is 15.9. The number of aliphatic hydroxyl groups excluding tert-OH is 1. The topological polar surface area (TPSA) is 133 Å². The van der Waals surface area contributed by atoms with Gasteiger partial charge in [-0.3, -0.25) is 9.59 Å². The molecular weight excluding hydrogens is 1420 g/mol. The zero-order valence-corrected chi connectivity index (χ0v) is 66.2. The minimum absolute atomic E-state index is 0.100. The molecule has 6 heterocycles. The summed E-state index contributed by atoms with van der Waals surface area (Å²) in [5.74, 6) is 3.72. The van der Waals surface area contributed by atoms with Crippen LogP contribution >= 0.6 is 68.0 Å². The van der Waals surface area contributed by atoms with Crippen LogP contribution in [-0.2, 0) is 0 Å². The van der Waals surface area contributed by atoms with E-state index in [-0.39, 0.29) is 42.1 Å². The van der Waals surface area contributed by atoms with E-state index in [1.54, 1.807) is 76.4 Å². The number of Topliss-reactive ketones (excluding diaryl/α,β-unsaturated/α-hetero) is 2. The van der Waals surface area contributed by atoms with Crippen molar-refractivity contribution in [1.29, 1.82) is 0 Å². The summed E-state index contributed by atoms with van der Waals surface area (Å²) in [5.41, 5.74) is 0. The Bertz CT molecular complexity index is 4500. The van der Waals surface area contributed by atoms with Crippen LogP contribution in [0.4, 0.5) is 4.79 Å². The largest absolute Gasteiger partial charge is 0.484 e. The van der Waals surface area contributed by atoms with Crippen molar-refractivity contribution >= 4 is 118 Å². The van der Waals surface area contributed by atoms with E-state index in [2.05, 4.69) is 173 Å². The highest BCUT2D eigenvalue weighted by atomic mass is 32.1. The number of hydrogen-bond donors (Lipinski definition) is 2. The van der Waals surface area contributed by atoms with Gasteiger partial charge in [0.15, 0.2) is 11.6 Å². The number of ketones is 2. The van der Waals surface area contributed by atoms with Crippen LogP contribution in [0.1, 0.15) is 102 Å². The van der Waals surface area contributed by atoms with Crippen molar-refractivity contribution in [3.05, 3.63) is 292 Å². The van der Waals surface area contributed by atoms with Crippen LogP contribution in [0.25, 0.3) is 32.3 Å². The number of hydrogen-bond acceptors (Lipinski definition) is 18. The monoisotopic (exact) mass is 1520 g/mol. The number of nitrogens with zero attached hydrogens (tertiary/aromatic N) is 4. The van der Waals surface area contributed by atoms with Crippen molar-refractivity contribution in [2.24, 2.45) is 0 Å².